The van der Waals surface area contributed by atoms with Gasteiger partial charge >= 0.3 is 0 Å². The third kappa shape index (κ3) is 5.32. The van der Waals surface area contributed by atoms with Crippen molar-refractivity contribution in [1.29, 1.82) is 0 Å². The smallest absolute Gasteiger partial charge is 0.220 e. The molecule has 1 fully saturated rings. The zero-order valence-corrected chi connectivity index (χ0v) is 11.5. The van der Waals surface area contributed by atoms with Crippen LogP contribution in [0.5, 0.6) is 0 Å². The highest BCUT2D eigenvalue weighted by atomic mass is 32.2. The van der Waals surface area contributed by atoms with Crippen molar-refractivity contribution < 1.29 is 13.2 Å². The average Bonchev–Trinajstić information content (AvgIpc) is 2.83. The van der Waals surface area contributed by atoms with Gasteiger partial charge in [-0.25, -0.2) is 12.7 Å². The van der Waals surface area contributed by atoms with Crippen LogP contribution in [-0.4, -0.2) is 50.6 Å². The van der Waals surface area contributed by atoms with Crippen LogP contribution in [0.4, 0.5) is 0 Å². The van der Waals surface area contributed by atoms with Gasteiger partial charge in [-0.3, -0.25) is 4.79 Å². The standard InChI is InChI=1S/C11H23N3O3S/c12-6-4-7-13-11(15)5-3-10-18(16,17)14-8-1-2-9-14/h1-10,12H2,(H,13,15). The molecule has 1 amide bonds. The van der Waals surface area contributed by atoms with Gasteiger partial charge in [0.25, 0.3) is 0 Å². The molecule has 0 bridgehead atoms. The van der Waals surface area contributed by atoms with Crippen molar-refractivity contribution in [3.05, 3.63) is 0 Å². The van der Waals surface area contributed by atoms with E-state index in [9.17, 15) is 13.2 Å². The average molecular weight is 277 g/mol. The highest BCUT2D eigenvalue weighted by Gasteiger charge is 2.24. The fourth-order valence-corrected chi connectivity index (χ4v) is 3.51. The second-order valence-corrected chi connectivity index (χ2v) is 6.61. The lowest BCUT2D eigenvalue weighted by atomic mass is 10.3. The second kappa shape index (κ2) is 7.70. The van der Waals surface area contributed by atoms with Crippen molar-refractivity contribution in [2.75, 3.05) is 31.9 Å². The quantitative estimate of drug-likeness (QED) is 0.594. The van der Waals surface area contributed by atoms with E-state index in [-0.39, 0.29) is 18.1 Å². The van der Waals surface area contributed by atoms with Crippen molar-refractivity contribution in [2.45, 2.75) is 32.1 Å². The Labute approximate surface area is 109 Å². The maximum Gasteiger partial charge on any atom is 0.220 e. The van der Waals surface area contributed by atoms with E-state index in [0.29, 0.717) is 32.6 Å². The molecule has 1 heterocycles. The first-order valence-corrected chi connectivity index (χ1v) is 8.12. The molecule has 0 saturated carbocycles. The van der Waals surface area contributed by atoms with Crippen LogP contribution < -0.4 is 11.1 Å². The summed E-state index contributed by atoms with van der Waals surface area (Å²) < 4.78 is 25.2. The van der Waals surface area contributed by atoms with Gasteiger partial charge in [0, 0.05) is 26.1 Å². The lowest BCUT2D eigenvalue weighted by molar-refractivity contribution is -0.121. The van der Waals surface area contributed by atoms with Gasteiger partial charge in [0.2, 0.25) is 15.9 Å². The summed E-state index contributed by atoms with van der Waals surface area (Å²) in [7, 11) is -3.15. The van der Waals surface area contributed by atoms with Gasteiger partial charge in [-0.15, -0.1) is 0 Å². The van der Waals surface area contributed by atoms with Crippen LogP contribution in [0, 0.1) is 0 Å². The number of amides is 1. The molecule has 0 aromatic carbocycles. The third-order valence-corrected chi connectivity index (χ3v) is 4.92. The molecule has 0 unspecified atom stereocenters. The van der Waals surface area contributed by atoms with Crippen molar-refractivity contribution >= 4 is 15.9 Å². The Balaban J connectivity index is 2.18. The molecule has 0 aromatic rings. The number of nitrogens with zero attached hydrogens (tertiary/aromatic N) is 1. The Hall–Kier alpha value is -0.660. The van der Waals surface area contributed by atoms with Gasteiger partial charge < -0.3 is 11.1 Å². The Morgan fingerprint density at radius 3 is 2.50 bits per heavy atom. The molecule has 3 N–H and O–H groups in total. The van der Waals surface area contributed by atoms with E-state index >= 15 is 0 Å². The summed E-state index contributed by atoms with van der Waals surface area (Å²) in [5.41, 5.74) is 5.31. The minimum absolute atomic E-state index is 0.0668. The number of sulfonamides is 1. The zero-order chi connectivity index (χ0) is 13.4. The monoisotopic (exact) mass is 277 g/mol. The first kappa shape index (κ1) is 15.4. The van der Waals surface area contributed by atoms with E-state index in [0.717, 1.165) is 19.3 Å². The van der Waals surface area contributed by atoms with Crippen molar-refractivity contribution in [2.24, 2.45) is 5.73 Å². The van der Waals surface area contributed by atoms with Crippen LogP contribution in [0.15, 0.2) is 0 Å². The fourth-order valence-electron chi connectivity index (χ4n) is 1.93. The predicted molar refractivity (Wildman–Crippen MR) is 70.5 cm³/mol. The molecule has 0 aliphatic carbocycles. The fraction of sp³-hybridized carbons (Fsp3) is 0.909. The van der Waals surface area contributed by atoms with Crippen LogP contribution in [0.3, 0.4) is 0 Å². The molecule has 0 aromatic heterocycles. The van der Waals surface area contributed by atoms with Gasteiger partial charge in [0.1, 0.15) is 0 Å². The summed E-state index contributed by atoms with van der Waals surface area (Å²) in [6, 6.07) is 0. The van der Waals surface area contributed by atoms with E-state index in [1.165, 1.54) is 4.31 Å². The topological polar surface area (TPSA) is 92.5 Å². The molecular weight excluding hydrogens is 254 g/mol. The highest BCUT2D eigenvalue weighted by molar-refractivity contribution is 7.89. The number of rotatable bonds is 8. The number of carbonyl (C=O) groups excluding carboxylic acids is 1. The highest BCUT2D eigenvalue weighted by Crippen LogP contribution is 2.14. The van der Waals surface area contributed by atoms with Gasteiger partial charge in [-0.2, -0.15) is 0 Å². The van der Waals surface area contributed by atoms with Gasteiger partial charge in [0.05, 0.1) is 5.75 Å². The summed E-state index contributed by atoms with van der Waals surface area (Å²) in [5.74, 6) is -0.0304. The van der Waals surface area contributed by atoms with Gasteiger partial charge in [-0.05, 0) is 32.2 Å². The van der Waals surface area contributed by atoms with E-state index in [1.54, 1.807) is 0 Å². The molecule has 106 valence electrons. The first-order chi connectivity index (χ1) is 8.56. The number of carbonyl (C=O) groups is 1. The minimum Gasteiger partial charge on any atom is -0.356 e. The molecule has 1 saturated heterocycles. The largest absolute Gasteiger partial charge is 0.356 e. The maximum atomic E-state index is 11.9. The van der Waals surface area contributed by atoms with E-state index in [2.05, 4.69) is 5.32 Å². The summed E-state index contributed by atoms with van der Waals surface area (Å²) in [6.45, 7) is 2.37. The molecule has 0 atom stereocenters. The summed E-state index contributed by atoms with van der Waals surface area (Å²) in [4.78, 5) is 11.4. The number of hydrogen-bond acceptors (Lipinski definition) is 4. The molecule has 6 nitrogen and oxygen atoms in total. The maximum absolute atomic E-state index is 11.9. The normalized spacial score (nSPS) is 16.9. The molecule has 1 rings (SSSR count). The second-order valence-electron chi connectivity index (χ2n) is 4.52. The van der Waals surface area contributed by atoms with Crippen molar-refractivity contribution in [3.8, 4) is 0 Å². The zero-order valence-electron chi connectivity index (χ0n) is 10.7. The number of hydrogen-bond donors (Lipinski definition) is 2. The number of nitrogens with one attached hydrogen (secondary N) is 1. The summed E-state index contributed by atoms with van der Waals surface area (Å²) in [5, 5.41) is 2.71. The number of nitrogens with two attached hydrogens (primary N) is 1. The summed E-state index contributed by atoms with van der Waals surface area (Å²) in [6.07, 6.45) is 3.28. The van der Waals surface area contributed by atoms with Crippen LogP contribution in [-0.2, 0) is 14.8 Å². The van der Waals surface area contributed by atoms with Gasteiger partial charge in [-0.1, -0.05) is 0 Å². The van der Waals surface area contributed by atoms with E-state index < -0.39 is 10.0 Å². The predicted octanol–water partition coefficient (Wildman–Crippen LogP) is -0.343. The minimum atomic E-state index is -3.15. The third-order valence-electron chi connectivity index (χ3n) is 2.97. The van der Waals surface area contributed by atoms with E-state index in [4.69, 9.17) is 5.73 Å². The molecule has 1 aliphatic rings. The lowest BCUT2D eigenvalue weighted by Gasteiger charge is -2.14. The molecule has 18 heavy (non-hydrogen) atoms. The Morgan fingerprint density at radius 1 is 1.22 bits per heavy atom. The lowest BCUT2D eigenvalue weighted by Crippen LogP contribution is -2.31. The van der Waals surface area contributed by atoms with Crippen LogP contribution in [0.1, 0.15) is 32.1 Å². The van der Waals surface area contributed by atoms with Crippen molar-refractivity contribution in [1.82, 2.24) is 9.62 Å². The SMILES string of the molecule is NCCCNC(=O)CCCS(=O)(=O)N1CCCC1. The molecule has 0 spiro atoms. The van der Waals surface area contributed by atoms with Crippen LogP contribution in [0.2, 0.25) is 0 Å². The molecule has 1 aliphatic heterocycles. The van der Waals surface area contributed by atoms with Crippen LogP contribution >= 0.6 is 0 Å². The van der Waals surface area contributed by atoms with Gasteiger partial charge in [0.15, 0.2) is 0 Å². The molecular formula is C11H23N3O3S. The first-order valence-electron chi connectivity index (χ1n) is 6.51. The Kier molecular flexibility index (Phi) is 6.59. The molecule has 0 radical (unpaired) electrons. The Morgan fingerprint density at radius 2 is 1.89 bits per heavy atom. The van der Waals surface area contributed by atoms with E-state index in [1.807, 2.05) is 0 Å². The summed E-state index contributed by atoms with van der Waals surface area (Å²) >= 11 is 0. The van der Waals surface area contributed by atoms with Crippen LogP contribution in [0.25, 0.3) is 0 Å². The Bertz CT molecular complexity index is 351. The molecule has 7 heteroatoms. The van der Waals surface area contributed by atoms with Crippen molar-refractivity contribution in [3.63, 3.8) is 0 Å².